The second-order valence-electron chi connectivity index (χ2n) is 9.08. The number of amides is 1. The number of carbonyl (C=O) groups is 1. The number of hydrogen-bond donors (Lipinski definition) is 1. The molecule has 5 aromatic rings. The van der Waals surface area contributed by atoms with Crippen LogP contribution in [0.2, 0.25) is 5.02 Å². The number of aryl methyl sites for hydroxylation is 5. The highest BCUT2D eigenvalue weighted by molar-refractivity contribution is 7.99. The van der Waals surface area contributed by atoms with Crippen molar-refractivity contribution in [3.05, 3.63) is 64.2 Å². The molecule has 3 heterocycles. The van der Waals surface area contributed by atoms with E-state index in [-0.39, 0.29) is 11.7 Å². The van der Waals surface area contributed by atoms with E-state index in [4.69, 9.17) is 36.1 Å². The maximum absolute atomic E-state index is 12.8. The zero-order valence-electron chi connectivity index (χ0n) is 22.3. The molecule has 0 saturated carbocycles. The predicted molar refractivity (Wildman–Crippen MR) is 152 cm³/mol. The summed E-state index contributed by atoms with van der Waals surface area (Å²) in [6.45, 7) is 6.56. The minimum atomic E-state index is -0.183. The number of carbonyl (C=O) groups excluding carboxylic acids is 1. The minimum Gasteiger partial charge on any atom is -0.493 e. The van der Waals surface area contributed by atoms with Crippen LogP contribution in [0.1, 0.15) is 22.8 Å². The van der Waals surface area contributed by atoms with Gasteiger partial charge in [-0.15, -0.1) is 5.10 Å². The van der Waals surface area contributed by atoms with Crippen LogP contribution in [0.25, 0.3) is 16.6 Å². The van der Waals surface area contributed by atoms with E-state index in [1.54, 1.807) is 36.9 Å². The quantitative estimate of drug-likeness (QED) is 0.195. The minimum absolute atomic E-state index is 0.119. The Labute approximate surface area is 234 Å². The first-order valence-electron chi connectivity index (χ1n) is 12.3. The van der Waals surface area contributed by atoms with E-state index in [1.807, 2.05) is 43.7 Å². The molecule has 0 aliphatic heterocycles. The number of thioether (sulfide) groups is 1. The Morgan fingerprint density at radius 3 is 2.51 bits per heavy atom. The molecule has 3 aromatic heterocycles. The van der Waals surface area contributed by atoms with Crippen molar-refractivity contribution in [2.75, 3.05) is 25.3 Å². The zero-order valence-corrected chi connectivity index (χ0v) is 23.9. The van der Waals surface area contributed by atoms with Crippen molar-refractivity contribution in [1.82, 2.24) is 29.4 Å². The van der Waals surface area contributed by atoms with E-state index in [0.717, 1.165) is 22.3 Å². The second kappa shape index (κ2) is 11.1. The summed E-state index contributed by atoms with van der Waals surface area (Å²) in [5, 5.41) is 14.1. The number of nitrogens with zero attached hydrogens (tertiary/aromatic N) is 6. The number of ether oxygens (including phenoxy) is 2. The van der Waals surface area contributed by atoms with Gasteiger partial charge in [-0.1, -0.05) is 29.4 Å². The van der Waals surface area contributed by atoms with Crippen LogP contribution in [-0.4, -0.2) is 55.2 Å². The summed E-state index contributed by atoms with van der Waals surface area (Å²) in [6.07, 6.45) is 0.580. The average Bonchev–Trinajstić information content (AvgIpc) is 3.49. The number of anilines is 1. The third-order valence-corrected chi connectivity index (χ3v) is 7.41. The average molecular weight is 566 g/mol. The van der Waals surface area contributed by atoms with E-state index in [9.17, 15) is 4.79 Å². The molecule has 0 aliphatic rings. The van der Waals surface area contributed by atoms with Gasteiger partial charge in [0, 0.05) is 40.8 Å². The molecule has 1 N–H and O–H groups in total. The van der Waals surface area contributed by atoms with Gasteiger partial charge in [0.1, 0.15) is 0 Å². The Morgan fingerprint density at radius 1 is 1.03 bits per heavy atom. The number of halogens is 1. The molecule has 0 fully saturated rings. The van der Waals surface area contributed by atoms with Gasteiger partial charge < -0.3 is 14.8 Å². The van der Waals surface area contributed by atoms with Crippen LogP contribution in [-0.2, 0) is 17.8 Å². The molecule has 0 spiro atoms. The topological polar surface area (TPSA) is 108 Å². The van der Waals surface area contributed by atoms with Gasteiger partial charge in [-0.3, -0.25) is 9.48 Å². The molecule has 39 heavy (non-hydrogen) atoms. The molecule has 0 radical (unpaired) electrons. The first-order valence-corrected chi connectivity index (χ1v) is 13.6. The lowest BCUT2D eigenvalue weighted by Gasteiger charge is -2.11. The molecular formula is C27H28ClN7O3S. The fourth-order valence-corrected chi connectivity index (χ4v) is 5.22. The van der Waals surface area contributed by atoms with Gasteiger partial charge >= 0.3 is 0 Å². The van der Waals surface area contributed by atoms with Gasteiger partial charge in [0.2, 0.25) is 5.91 Å². The second-order valence-corrected chi connectivity index (χ2v) is 10.5. The first kappa shape index (κ1) is 26.8. The normalized spacial score (nSPS) is 11.3. The molecule has 0 aliphatic carbocycles. The monoisotopic (exact) mass is 565 g/mol. The Balaban J connectivity index is 1.48. The highest BCUT2D eigenvalue weighted by Gasteiger charge is 2.18. The highest BCUT2D eigenvalue weighted by Crippen LogP contribution is 2.34. The predicted octanol–water partition coefficient (Wildman–Crippen LogP) is 5.04. The summed E-state index contributed by atoms with van der Waals surface area (Å²) in [6, 6.07) is 11.1. The van der Waals surface area contributed by atoms with Gasteiger partial charge in [-0.2, -0.15) is 9.61 Å². The molecular weight excluding hydrogens is 538 g/mol. The smallest absolute Gasteiger partial charge is 0.234 e. The van der Waals surface area contributed by atoms with Crippen LogP contribution in [0.5, 0.6) is 11.5 Å². The van der Waals surface area contributed by atoms with Gasteiger partial charge in [0.15, 0.2) is 28.1 Å². The summed E-state index contributed by atoms with van der Waals surface area (Å²) in [4.78, 5) is 22.5. The number of aromatic nitrogens is 6. The SMILES string of the molecule is COc1cc2nc(SCC(=O)Nc3cc(Cl)ccc3C)n3nc(CCn4nc(C)cc4C)nc3c2cc1OC. The molecule has 0 unspecified atom stereocenters. The lowest BCUT2D eigenvalue weighted by Crippen LogP contribution is -2.15. The summed E-state index contributed by atoms with van der Waals surface area (Å²) in [5.74, 6) is 1.70. The van der Waals surface area contributed by atoms with E-state index >= 15 is 0 Å². The Bertz CT molecular complexity index is 1700. The van der Waals surface area contributed by atoms with Gasteiger partial charge in [0.05, 0.1) is 31.2 Å². The first-order chi connectivity index (χ1) is 18.7. The number of methoxy groups -OCH3 is 2. The van der Waals surface area contributed by atoms with E-state index in [1.165, 1.54) is 11.8 Å². The Kier molecular flexibility index (Phi) is 7.62. The largest absolute Gasteiger partial charge is 0.493 e. The van der Waals surface area contributed by atoms with Crippen molar-refractivity contribution in [3.8, 4) is 11.5 Å². The Hall–Kier alpha value is -3.83. The Morgan fingerprint density at radius 2 is 1.79 bits per heavy atom. The fourth-order valence-electron chi connectivity index (χ4n) is 4.30. The number of nitrogens with one attached hydrogen (secondary N) is 1. The van der Waals surface area contributed by atoms with E-state index in [0.29, 0.717) is 57.3 Å². The summed E-state index contributed by atoms with van der Waals surface area (Å²) < 4.78 is 14.6. The lowest BCUT2D eigenvalue weighted by atomic mass is 10.2. The summed E-state index contributed by atoms with van der Waals surface area (Å²) in [5.41, 5.74) is 4.93. The molecule has 12 heteroatoms. The van der Waals surface area contributed by atoms with Crippen molar-refractivity contribution in [1.29, 1.82) is 0 Å². The lowest BCUT2D eigenvalue weighted by molar-refractivity contribution is -0.113. The highest BCUT2D eigenvalue weighted by atomic mass is 35.5. The van der Waals surface area contributed by atoms with Crippen molar-refractivity contribution in [3.63, 3.8) is 0 Å². The molecule has 202 valence electrons. The summed E-state index contributed by atoms with van der Waals surface area (Å²) in [7, 11) is 3.16. The van der Waals surface area contributed by atoms with Crippen LogP contribution in [0.3, 0.4) is 0 Å². The van der Waals surface area contributed by atoms with E-state index in [2.05, 4.69) is 10.4 Å². The maximum atomic E-state index is 12.8. The number of benzene rings is 2. The maximum Gasteiger partial charge on any atom is 0.234 e. The van der Waals surface area contributed by atoms with Crippen LogP contribution in [0.15, 0.2) is 41.6 Å². The van der Waals surface area contributed by atoms with Crippen LogP contribution >= 0.6 is 23.4 Å². The van der Waals surface area contributed by atoms with Crippen molar-refractivity contribution < 1.29 is 14.3 Å². The standard InChI is InChI=1S/C27H28ClN7O3S/c1-15-6-7-18(28)11-20(15)29-25(36)14-39-27-30-21-13-23(38-5)22(37-4)12-19(21)26-31-24(33-35(26)27)8-9-34-17(3)10-16(2)32-34/h6-7,10-13H,8-9,14H2,1-5H3,(H,29,36). The van der Waals surface area contributed by atoms with Crippen LogP contribution in [0.4, 0.5) is 5.69 Å². The van der Waals surface area contributed by atoms with Gasteiger partial charge in [-0.05, 0) is 50.6 Å². The van der Waals surface area contributed by atoms with Crippen molar-refractivity contribution >= 4 is 51.5 Å². The molecule has 0 bridgehead atoms. The third-order valence-electron chi connectivity index (χ3n) is 6.25. The number of fused-ring (bicyclic) bond motifs is 3. The molecule has 0 saturated heterocycles. The molecule has 0 atom stereocenters. The van der Waals surface area contributed by atoms with Gasteiger partial charge in [-0.25, -0.2) is 9.97 Å². The van der Waals surface area contributed by atoms with Crippen molar-refractivity contribution in [2.45, 2.75) is 38.9 Å². The fraction of sp³-hybridized carbons (Fsp3) is 0.296. The molecule has 5 rings (SSSR count). The van der Waals surface area contributed by atoms with Gasteiger partial charge in [0.25, 0.3) is 0 Å². The van der Waals surface area contributed by atoms with Crippen LogP contribution in [0, 0.1) is 20.8 Å². The third kappa shape index (κ3) is 5.64. The molecule has 2 aromatic carbocycles. The summed E-state index contributed by atoms with van der Waals surface area (Å²) >= 11 is 7.38. The molecule has 10 nitrogen and oxygen atoms in total. The number of hydrogen-bond acceptors (Lipinski definition) is 8. The number of rotatable bonds is 9. The van der Waals surface area contributed by atoms with Crippen molar-refractivity contribution in [2.24, 2.45) is 0 Å². The van der Waals surface area contributed by atoms with Crippen LogP contribution < -0.4 is 14.8 Å². The molecule has 1 amide bonds. The zero-order chi connectivity index (χ0) is 27.7. The van der Waals surface area contributed by atoms with E-state index < -0.39 is 0 Å².